The van der Waals surface area contributed by atoms with Crippen molar-refractivity contribution in [3.8, 4) is 0 Å². The van der Waals surface area contributed by atoms with Crippen molar-refractivity contribution in [1.29, 1.82) is 0 Å². The molecule has 2 N–H and O–H groups in total. The maximum Gasteiger partial charge on any atom is 0.324 e. The molecule has 0 saturated carbocycles. The summed E-state index contributed by atoms with van der Waals surface area (Å²) in [7, 11) is -4.52. The molecule has 0 heterocycles. The number of carbonyl (C=O) groups is 1. The number of aliphatic carboxylic acids is 1. The highest BCUT2D eigenvalue weighted by atomic mass is 32.2. The van der Waals surface area contributed by atoms with E-state index in [0.717, 1.165) is 25.1 Å². The lowest BCUT2D eigenvalue weighted by atomic mass is 10.3. The topological polar surface area (TPSA) is 127 Å². The maximum atomic E-state index is 13.3. The number of nitrogens with one attached hydrogen (secondary N) is 1. The Balaban J connectivity index is 3.34. The monoisotopic (exact) mass is 292 g/mol. The Morgan fingerprint density at radius 3 is 2.58 bits per heavy atom. The molecule has 0 bridgehead atoms. The van der Waals surface area contributed by atoms with Gasteiger partial charge in [0.05, 0.1) is 4.92 Å². The third-order valence-electron chi connectivity index (χ3n) is 2.12. The van der Waals surface area contributed by atoms with Crippen LogP contribution in [-0.2, 0) is 14.8 Å². The van der Waals surface area contributed by atoms with Crippen LogP contribution in [0.25, 0.3) is 0 Å². The molecule has 104 valence electrons. The van der Waals surface area contributed by atoms with E-state index in [-0.39, 0.29) is 0 Å². The number of nitro benzene ring substituents is 1. The fourth-order valence-corrected chi connectivity index (χ4v) is 2.61. The third kappa shape index (κ3) is 3.23. The predicted octanol–water partition coefficient (Wildman–Crippen LogP) is 0.485. The van der Waals surface area contributed by atoms with E-state index in [1.807, 2.05) is 0 Å². The van der Waals surface area contributed by atoms with E-state index >= 15 is 0 Å². The van der Waals surface area contributed by atoms with Gasteiger partial charge < -0.3 is 5.11 Å². The van der Waals surface area contributed by atoms with Gasteiger partial charge in [-0.15, -0.1) is 0 Å². The smallest absolute Gasteiger partial charge is 0.324 e. The Hall–Kier alpha value is -2.07. The Kier molecular flexibility index (Phi) is 4.17. The molecule has 1 rings (SSSR count). The van der Waals surface area contributed by atoms with Gasteiger partial charge in [0.15, 0.2) is 4.90 Å². The van der Waals surface area contributed by atoms with Crippen LogP contribution >= 0.6 is 0 Å². The second-order valence-electron chi connectivity index (χ2n) is 3.52. The van der Waals surface area contributed by atoms with Crippen LogP contribution in [0.15, 0.2) is 23.1 Å². The summed E-state index contributed by atoms with van der Waals surface area (Å²) in [6.45, 7) is 1.03. The van der Waals surface area contributed by atoms with Gasteiger partial charge >= 0.3 is 11.7 Å². The minimum atomic E-state index is -4.52. The molecule has 0 aliphatic carbocycles. The SMILES string of the molecule is C[C@@H](NS(=O)(=O)c1cccc(F)c1[N+](=O)[O-])C(=O)O. The number of nitrogens with zero attached hydrogens (tertiary/aromatic N) is 1. The molecule has 19 heavy (non-hydrogen) atoms. The van der Waals surface area contributed by atoms with Crippen LogP contribution in [0.3, 0.4) is 0 Å². The van der Waals surface area contributed by atoms with E-state index in [1.54, 1.807) is 4.72 Å². The number of rotatable bonds is 5. The van der Waals surface area contributed by atoms with Crippen LogP contribution in [0.2, 0.25) is 0 Å². The molecule has 0 fully saturated rings. The Labute approximate surface area is 107 Å². The Bertz CT molecular complexity index is 630. The third-order valence-corrected chi connectivity index (χ3v) is 3.70. The molecule has 0 saturated heterocycles. The minimum absolute atomic E-state index is 0.734. The molecule has 1 atom stereocenters. The van der Waals surface area contributed by atoms with Crippen molar-refractivity contribution in [3.05, 3.63) is 34.1 Å². The van der Waals surface area contributed by atoms with Crippen LogP contribution in [0.5, 0.6) is 0 Å². The van der Waals surface area contributed by atoms with Crippen molar-refractivity contribution in [3.63, 3.8) is 0 Å². The van der Waals surface area contributed by atoms with Crippen LogP contribution in [0, 0.1) is 15.9 Å². The summed E-state index contributed by atoms with van der Waals surface area (Å²) in [6.07, 6.45) is 0. The minimum Gasteiger partial charge on any atom is -0.480 e. The van der Waals surface area contributed by atoms with E-state index < -0.39 is 43.4 Å². The number of halogens is 1. The maximum absolute atomic E-state index is 13.3. The highest BCUT2D eigenvalue weighted by molar-refractivity contribution is 7.89. The summed E-state index contributed by atoms with van der Waals surface area (Å²) < 4.78 is 38.5. The molecule has 8 nitrogen and oxygen atoms in total. The van der Waals surface area contributed by atoms with Gasteiger partial charge in [-0.05, 0) is 19.1 Å². The lowest BCUT2D eigenvalue weighted by molar-refractivity contribution is -0.390. The fourth-order valence-electron chi connectivity index (χ4n) is 1.24. The van der Waals surface area contributed by atoms with E-state index in [4.69, 9.17) is 5.11 Å². The van der Waals surface area contributed by atoms with Gasteiger partial charge in [0.1, 0.15) is 6.04 Å². The molecule has 1 aromatic rings. The molecular formula is C9H9FN2O6S. The van der Waals surface area contributed by atoms with E-state index in [9.17, 15) is 27.7 Å². The lowest BCUT2D eigenvalue weighted by Gasteiger charge is -2.10. The first-order valence-corrected chi connectivity index (χ1v) is 6.33. The number of hydrogen-bond acceptors (Lipinski definition) is 5. The molecule has 0 aliphatic rings. The van der Waals surface area contributed by atoms with Gasteiger partial charge in [-0.3, -0.25) is 14.9 Å². The zero-order valence-corrected chi connectivity index (χ0v) is 10.3. The van der Waals surface area contributed by atoms with E-state index in [2.05, 4.69) is 0 Å². The summed E-state index contributed by atoms with van der Waals surface area (Å²) >= 11 is 0. The van der Waals surface area contributed by atoms with Crippen molar-refractivity contribution in [2.75, 3.05) is 0 Å². The van der Waals surface area contributed by atoms with Gasteiger partial charge in [0.2, 0.25) is 15.8 Å². The number of nitro groups is 1. The zero-order chi connectivity index (χ0) is 14.8. The summed E-state index contributed by atoms with van der Waals surface area (Å²) in [5, 5.41) is 19.3. The largest absolute Gasteiger partial charge is 0.480 e. The van der Waals surface area contributed by atoms with Crippen molar-refractivity contribution in [1.82, 2.24) is 4.72 Å². The van der Waals surface area contributed by atoms with Crippen LogP contribution in [0.1, 0.15) is 6.92 Å². The molecule has 1 aromatic carbocycles. The zero-order valence-electron chi connectivity index (χ0n) is 9.53. The van der Waals surface area contributed by atoms with Crippen molar-refractivity contribution in [2.45, 2.75) is 17.9 Å². The first-order chi connectivity index (χ1) is 8.66. The first-order valence-electron chi connectivity index (χ1n) is 4.85. The van der Waals surface area contributed by atoms with E-state index in [0.29, 0.717) is 0 Å². The Morgan fingerprint density at radius 1 is 1.53 bits per heavy atom. The average molecular weight is 292 g/mol. The van der Waals surface area contributed by atoms with Gasteiger partial charge in [-0.2, -0.15) is 9.11 Å². The normalized spacial score (nSPS) is 12.9. The van der Waals surface area contributed by atoms with Gasteiger partial charge in [-0.1, -0.05) is 6.07 Å². The van der Waals surface area contributed by atoms with E-state index in [1.165, 1.54) is 0 Å². The molecule has 0 unspecified atom stereocenters. The highest BCUT2D eigenvalue weighted by Gasteiger charge is 2.31. The molecule has 0 radical (unpaired) electrons. The quantitative estimate of drug-likeness (QED) is 0.600. The number of carboxylic acid groups (broad SMARTS) is 1. The summed E-state index contributed by atoms with van der Waals surface area (Å²) in [5.41, 5.74) is -1.23. The highest BCUT2D eigenvalue weighted by Crippen LogP contribution is 2.26. The lowest BCUT2D eigenvalue weighted by Crippen LogP contribution is -2.38. The predicted molar refractivity (Wildman–Crippen MR) is 60.5 cm³/mol. The average Bonchev–Trinajstić information content (AvgIpc) is 2.27. The van der Waals surface area contributed by atoms with Crippen LogP contribution in [-0.4, -0.2) is 30.5 Å². The second-order valence-corrected chi connectivity index (χ2v) is 5.21. The number of para-hydroxylation sites is 1. The summed E-state index contributed by atoms with van der Waals surface area (Å²) in [4.78, 5) is 19.1. The Morgan fingerprint density at radius 2 is 2.11 bits per heavy atom. The molecule has 0 amide bonds. The van der Waals surface area contributed by atoms with Crippen molar-refractivity contribution in [2.24, 2.45) is 0 Å². The molecule has 0 aromatic heterocycles. The molecule has 10 heteroatoms. The second kappa shape index (κ2) is 5.28. The van der Waals surface area contributed by atoms with Gasteiger partial charge in [0.25, 0.3) is 0 Å². The summed E-state index contributed by atoms with van der Waals surface area (Å²) in [6, 6.07) is 1.02. The van der Waals surface area contributed by atoms with Gasteiger partial charge in [-0.25, -0.2) is 8.42 Å². The number of benzene rings is 1. The van der Waals surface area contributed by atoms with Gasteiger partial charge in [0, 0.05) is 0 Å². The number of hydrogen-bond donors (Lipinski definition) is 2. The first kappa shape index (κ1) is 15.0. The standard InChI is InChI=1S/C9H9FN2O6S/c1-5(9(13)14)11-19(17,18)7-4-2-3-6(10)8(7)12(15)16/h2-5,11H,1H3,(H,13,14)/t5-/m1/s1. The number of sulfonamides is 1. The van der Waals surface area contributed by atoms with Crippen LogP contribution < -0.4 is 4.72 Å². The molecular weight excluding hydrogens is 283 g/mol. The summed E-state index contributed by atoms with van der Waals surface area (Å²) in [5.74, 6) is -2.79. The molecule has 0 aliphatic heterocycles. The van der Waals surface area contributed by atoms with Crippen molar-refractivity contribution >= 4 is 21.7 Å². The molecule has 0 spiro atoms. The number of carboxylic acids is 1. The van der Waals surface area contributed by atoms with Crippen LogP contribution in [0.4, 0.5) is 10.1 Å². The fraction of sp³-hybridized carbons (Fsp3) is 0.222. The van der Waals surface area contributed by atoms with Crippen molar-refractivity contribution < 1.29 is 27.6 Å².